The lowest BCUT2D eigenvalue weighted by atomic mass is 9.95. The Morgan fingerprint density at radius 1 is 1.04 bits per heavy atom. The maximum absolute atomic E-state index is 12.5. The molecule has 1 aromatic carbocycles. The molecule has 0 saturated carbocycles. The van der Waals surface area contributed by atoms with Crippen molar-refractivity contribution >= 4 is 11.9 Å². The van der Waals surface area contributed by atoms with E-state index in [2.05, 4.69) is 34.5 Å². The SMILES string of the molecule is NC(=O)CC1CCCN(C(=O)NCc2cccc(CN3CCCCCC3)c2)C1. The van der Waals surface area contributed by atoms with Crippen LogP contribution in [0.3, 0.4) is 0 Å². The zero-order valence-electron chi connectivity index (χ0n) is 16.9. The normalized spacial score (nSPS) is 21.1. The first kappa shape index (κ1) is 20.6. The largest absolute Gasteiger partial charge is 0.370 e. The Morgan fingerprint density at radius 2 is 1.79 bits per heavy atom. The predicted octanol–water partition coefficient (Wildman–Crippen LogP) is 2.86. The fraction of sp³-hybridized carbons (Fsp3) is 0.636. The van der Waals surface area contributed by atoms with Gasteiger partial charge in [-0.1, -0.05) is 37.1 Å². The van der Waals surface area contributed by atoms with Crippen molar-refractivity contribution in [2.24, 2.45) is 11.7 Å². The zero-order chi connectivity index (χ0) is 19.8. The Kier molecular flexibility index (Phi) is 7.71. The molecule has 2 heterocycles. The van der Waals surface area contributed by atoms with E-state index in [-0.39, 0.29) is 17.9 Å². The first-order valence-electron chi connectivity index (χ1n) is 10.7. The minimum absolute atomic E-state index is 0.0490. The number of hydrogen-bond donors (Lipinski definition) is 2. The zero-order valence-corrected chi connectivity index (χ0v) is 16.9. The Balaban J connectivity index is 1.48. The van der Waals surface area contributed by atoms with E-state index in [1.54, 1.807) is 0 Å². The van der Waals surface area contributed by atoms with E-state index >= 15 is 0 Å². The monoisotopic (exact) mass is 386 g/mol. The van der Waals surface area contributed by atoms with Crippen molar-refractivity contribution < 1.29 is 9.59 Å². The highest BCUT2D eigenvalue weighted by molar-refractivity contribution is 5.75. The van der Waals surface area contributed by atoms with Gasteiger partial charge in [0.2, 0.25) is 5.91 Å². The predicted molar refractivity (Wildman–Crippen MR) is 111 cm³/mol. The van der Waals surface area contributed by atoms with Crippen LogP contribution in [0.1, 0.15) is 56.1 Å². The summed E-state index contributed by atoms with van der Waals surface area (Å²) < 4.78 is 0. The van der Waals surface area contributed by atoms with Crippen LogP contribution in [0.2, 0.25) is 0 Å². The number of carbonyl (C=O) groups excluding carboxylic acids is 2. The number of urea groups is 1. The molecule has 3 amide bonds. The lowest BCUT2D eigenvalue weighted by Crippen LogP contribution is -2.45. The lowest BCUT2D eigenvalue weighted by molar-refractivity contribution is -0.119. The van der Waals surface area contributed by atoms with Crippen molar-refractivity contribution in [3.05, 3.63) is 35.4 Å². The third-order valence-electron chi connectivity index (χ3n) is 5.84. The summed E-state index contributed by atoms with van der Waals surface area (Å²) in [7, 11) is 0. The molecule has 2 fully saturated rings. The second-order valence-electron chi connectivity index (χ2n) is 8.29. The van der Waals surface area contributed by atoms with Crippen molar-refractivity contribution in [2.75, 3.05) is 26.2 Å². The van der Waals surface area contributed by atoms with Gasteiger partial charge in [-0.25, -0.2) is 4.79 Å². The van der Waals surface area contributed by atoms with Gasteiger partial charge in [-0.15, -0.1) is 0 Å². The van der Waals surface area contributed by atoms with Crippen molar-refractivity contribution in [3.8, 4) is 0 Å². The second kappa shape index (κ2) is 10.5. The van der Waals surface area contributed by atoms with Crippen LogP contribution >= 0.6 is 0 Å². The van der Waals surface area contributed by atoms with Crippen molar-refractivity contribution in [2.45, 2.75) is 58.0 Å². The molecule has 0 spiro atoms. The van der Waals surface area contributed by atoms with Crippen LogP contribution in [0.5, 0.6) is 0 Å². The standard InChI is InChI=1S/C22H34N4O2/c23-21(27)14-20-9-6-12-26(17-20)22(28)24-15-18-7-5-8-19(13-18)16-25-10-3-1-2-4-11-25/h5,7-8,13,20H,1-4,6,9-12,14-17H2,(H2,23,27)(H,24,28). The number of likely N-dealkylation sites (tertiary alicyclic amines) is 2. The minimum Gasteiger partial charge on any atom is -0.370 e. The molecule has 154 valence electrons. The van der Waals surface area contributed by atoms with Gasteiger partial charge in [0.1, 0.15) is 0 Å². The van der Waals surface area contributed by atoms with Crippen LogP contribution in [0.4, 0.5) is 4.79 Å². The molecular weight excluding hydrogens is 352 g/mol. The molecule has 0 radical (unpaired) electrons. The number of carbonyl (C=O) groups is 2. The van der Waals surface area contributed by atoms with E-state index in [0.29, 0.717) is 19.5 Å². The van der Waals surface area contributed by atoms with Crippen molar-refractivity contribution in [1.29, 1.82) is 0 Å². The van der Waals surface area contributed by atoms with Crippen molar-refractivity contribution in [3.63, 3.8) is 0 Å². The van der Waals surface area contributed by atoms with E-state index in [0.717, 1.165) is 31.5 Å². The molecule has 1 aromatic rings. The van der Waals surface area contributed by atoms with Gasteiger partial charge in [-0.2, -0.15) is 0 Å². The van der Waals surface area contributed by atoms with E-state index in [1.165, 1.54) is 44.3 Å². The second-order valence-corrected chi connectivity index (χ2v) is 8.29. The number of nitrogens with two attached hydrogens (primary N) is 1. The van der Waals surface area contributed by atoms with Gasteiger partial charge in [-0.05, 0) is 55.8 Å². The van der Waals surface area contributed by atoms with Gasteiger partial charge < -0.3 is 16.0 Å². The highest BCUT2D eigenvalue weighted by Crippen LogP contribution is 2.19. The Labute approximate surface area is 168 Å². The average molecular weight is 387 g/mol. The third kappa shape index (κ3) is 6.51. The van der Waals surface area contributed by atoms with Gasteiger partial charge >= 0.3 is 6.03 Å². The number of hydrogen-bond acceptors (Lipinski definition) is 3. The summed E-state index contributed by atoms with van der Waals surface area (Å²) in [6.45, 7) is 5.25. The number of benzene rings is 1. The summed E-state index contributed by atoms with van der Waals surface area (Å²) >= 11 is 0. The van der Waals surface area contributed by atoms with E-state index < -0.39 is 0 Å². The molecule has 0 aromatic heterocycles. The van der Waals surface area contributed by atoms with Crippen molar-refractivity contribution in [1.82, 2.24) is 15.1 Å². The average Bonchev–Trinajstić information content (AvgIpc) is 2.95. The highest BCUT2D eigenvalue weighted by atomic mass is 16.2. The summed E-state index contributed by atoms with van der Waals surface area (Å²) in [4.78, 5) is 28.0. The molecular formula is C22H34N4O2. The molecule has 0 bridgehead atoms. The number of primary amides is 1. The van der Waals surface area contributed by atoms with Gasteiger partial charge in [0, 0.05) is 32.6 Å². The van der Waals surface area contributed by atoms with E-state index in [1.807, 2.05) is 4.90 Å². The molecule has 28 heavy (non-hydrogen) atoms. The fourth-order valence-electron chi connectivity index (χ4n) is 4.38. The number of nitrogens with zero attached hydrogens (tertiary/aromatic N) is 2. The maximum atomic E-state index is 12.5. The smallest absolute Gasteiger partial charge is 0.317 e. The Bertz CT molecular complexity index is 656. The van der Waals surface area contributed by atoms with Crippen LogP contribution in [0.15, 0.2) is 24.3 Å². The molecule has 0 aliphatic carbocycles. The summed E-state index contributed by atoms with van der Waals surface area (Å²) in [6.07, 6.45) is 7.54. The van der Waals surface area contributed by atoms with Gasteiger partial charge in [-0.3, -0.25) is 9.69 Å². The summed E-state index contributed by atoms with van der Waals surface area (Å²) in [5.41, 5.74) is 7.75. The molecule has 1 unspecified atom stereocenters. The van der Waals surface area contributed by atoms with Gasteiger partial charge in [0.05, 0.1) is 0 Å². The minimum atomic E-state index is -0.284. The van der Waals surface area contributed by atoms with Crippen LogP contribution in [-0.4, -0.2) is 47.9 Å². The van der Waals surface area contributed by atoms with Crippen LogP contribution in [0.25, 0.3) is 0 Å². The summed E-state index contributed by atoms with van der Waals surface area (Å²) in [5.74, 6) is -0.0950. The molecule has 1 atom stereocenters. The Hall–Kier alpha value is -2.08. The number of nitrogens with one attached hydrogen (secondary N) is 1. The first-order valence-corrected chi connectivity index (χ1v) is 10.7. The maximum Gasteiger partial charge on any atom is 0.317 e. The molecule has 2 aliphatic heterocycles. The van der Waals surface area contributed by atoms with E-state index in [4.69, 9.17) is 5.73 Å². The number of amides is 3. The van der Waals surface area contributed by atoms with Crippen LogP contribution in [0, 0.1) is 5.92 Å². The quantitative estimate of drug-likeness (QED) is 0.789. The van der Waals surface area contributed by atoms with Gasteiger partial charge in [0.15, 0.2) is 0 Å². The fourth-order valence-corrected chi connectivity index (χ4v) is 4.38. The Morgan fingerprint density at radius 3 is 2.54 bits per heavy atom. The molecule has 6 heteroatoms. The topological polar surface area (TPSA) is 78.7 Å². The lowest BCUT2D eigenvalue weighted by Gasteiger charge is -2.32. The number of rotatable bonds is 6. The third-order valence-corrected chi connectivity index (χ3v) is 5.84. The first-order chi connectivity index (χ1) is 13.6. The summed E-state index contributed by atoms with van der Waals surface area (Å²) in [6, 6.07) is 8.48. The molecule has 3 rings (SSSR count). The summed E-state index contributed by atoms with van der Waals surface area (Å²) in [5, 5.41) is 3.04. The van der Waals surface area contributed by atoms with Gasteiger partial charge in [0.25, 0.3) is 0 Å². The molecule has 2 saturated heterocycles. The van der Waals surface area contributed by atoms with Crippen LogP contribution < -0.4 is 11.1 Å². The highest BCUT2D eigenvalue weighted by Gasteiger charge is 2.24. The number of piperidine rings is 1. The van der Waals surface area contributed by atoms with E-state index in [9.17, 15) is 9.59 Å². The molecule has 6 nitrogen and oxygen atoms in total. The molecule has 3 N–H and O–H groups in total. The van der Waals surface area contributed by atoms with Crippen LogP contribution in [-0.2, 0) is 17.9 Å². The molecule has 2 aliphatic rings.